The van der Waals surface area contributed by atoms with Gasteiger partial charge < -0.3 is 29.5 Å². The van der Waals surface area contributed by atoms with Crippen LogP contribution in [0, 0.1) is 17.0 Å². The number of thiazole rings is 1. The van der Waals surface area contributed by atoms with Gasteiger partial charge in [0.15, 0.2) is 10.6 Å². The third-order valence-corrected chi connectivity index (χ3v) is 7.05. The van der Waals surface area contributed by atoms with Crippen LogP contribution in [0.2, 0.25) is 0 Å². The summed E-state index contributed by atoms with van der Waals surface area (Å²) in [4.78, 5) is 31.1. The van der Waals surface area contributed by atoms with Gasteiger partial charge in [0.25, 0.3) is 0 Å². The van der Waals surface area contributed by atoms with Crippen LogP contribution >= 0.6 is 23.1 Å². The molecule has 32 heavy (non-hydrogen) atoms. The number of thioether (sulfide) groups is 1. The second kappa shape index (κ2) is 10.4. The number of aromatic nitrogens is 3. The Morgan fingerprint density at radius 3 is 2.94 bits per heavy atom. The molecule has 1 saturated heterocycles. The van der Waals surface area contributed by atoms with Crippen molar-refractivity contribution in [3.05, 3.63) is 40.3 Å². The molecule has 0 unspecified atom stereocenters. The standard InChI is InChI=1S/C20H23N5O5S2/c1-13-21-17(25(27)28)12-24(13)7-5-18(26)22-14-3-4-15-16(11-14)32-20(23-15)31-10-6-19-29-8-2-9-30-19/h3-4,11-12,19H,2,5-10H2,1H3,(H,22,26). The average molecular weight is 478 g/mol. The number of carbonyl (C=O) groups excluding carboxylic acids is 1. The maximum Gasteiger partial charge on any atom is 0.381 e. The van der Waals surface area contributed by atoms with E-state index in [0.717, 1.165) is 46.4 Å². The van der Waals surface area contributed by atoms with Crippen molar-refractivity contribution in [2.75, 3.05) is 24.3 Å². The molecule has 3 heterocycles. The van der Waals surface area contributed by atoms with E-state index in [4.69, 9.17) is 9.47 Å². The van der Waals surface area contributed by atoms with Crippen molar-refractivity contribution in [1.82, 2.24) is 14.5 Å². The SMILES string of the molecule is Cc1nc([N+](=O)[O-])cn1CCC(=O)Nc1ccc2nc(SCCC3OCCCO3)sc2c1. The van der Waals surface area contributed by atoms with Gasteiger partial charge in [0.05, 0.1) is 23.4 Å². The molecule has 1 N–H and O–H groups in total. The number of benzene rings is 1. The third-order valence-electron chi connectivity index (χ3n) is 4.86. The minimum atomic E-state index is -0.544. The van der Waals surface area contributed by atoms with Gasteiger partial charge in [-0.15, -0.1) is 11.3 Å². The van der Waals surface area contributed by atoms with Crippen molar-refractivity contribution < 1.29 is 19.2 Å². The number of fused-ring (bicyclic) bond motifs is 1. The van der Waals surface area contributed by atoms with E-state index >= 15 is 0 Å². The van der Waals surface area contributed by atoms with Crippen LogP contribution in [-0.4, -0.2) is 50.6 Å². The van der Waals surface area contributed by atoms with E-state index in [1.807, 2.05) is 18.2 Å². The fourth-order valence-corrected chi connectivity index (χ4v) is 5.38. The number of aryl methyl sites for hydroxylation is 2. The van der Waals surface area contributed by atoms with Gasteiger partial charge in [0, 0.05) is 37.8 Å². The lowest BCUT2D eigenvalue weighted by molar-refractivity contribution is -0.389. The summed E-state index contributed by atoms with van der Waals surface area (Å²) in [7, 11) is 0. The third kappa shape index (κ3) is 5.82. The molecule has 0 spiro atoms. The Morgan fingerprint density at radius 1 is 1.38 bits per heavy atom. The maximum atomic E-state index is 12.4. The Labute approximate surface area is 192 Å². The lowest BCUT2D eigenvalue weighted by Gasteiger charge is -2.22. The van der Waals surface area contributed by atoms with Crippen LogP contribution in [0.3, 0.4) is 0 Å². The topological polar surface area (TPSA) is 121 Å². The number of ether oxygens (including phenoxy) is 2. The highest BCUT2D eigenvalue weighted by atomic mass is 32.2. The van der Waals surface area contributed by atoms with E-state index in [1.165, 1.54) is 6.20 Å². The van der Waals surface area contributed by atoms with Crippen LogP contribution in [0.1, 0.15) is 25.1 Å². The lowest BCUT2D eigenvalue weighted by Crippen LogP contribution is -2.25. The molecular formula is C20H23N5O5S2. The number of nitro groups is 1. The summed E-state index contributed by atoms with van der Waals surface area (Å²) in [6, 6.07) is 5.63. The van der Waals surface area contributed by atoms with Crippen molar-refractivity contribution in [1.29, 1.82) is 0 Å². The number of nitrogens with zero attached hydrogens (tertiary/aromatic N) is 4. The van der Waals surface area contributed by atoms with Gasteiger partial charge in [0.1, 0.15) is 6.20 Å². The van der Waals surface area contributed by atoms with E-state index < -0.39 is 4.92 Å². The summed E-state index contributed by atoms with van der Waals surface area (Å²) in [6.45, 7) is 3.50. The number of nitrogens with one attached hydrogen (secondary N) is 1. The zero-order chi connectivity index (χ0) is 22.5. The monoisotopic (exact) mass is 477 g/mol. The van der Waals surface area contributed by atoms with E-state index in [9.17, 15) is 14.9 Å². The zero-order valence-corrected chi connectivity index (χ0v) is 19.1. The zero-order valence-electron chi connectivity index (χ0n) is 17.5. The number of hydrogen-bond donors (Lipinski definition) is 1. The minimum Gasteiger partial charge on any atom is -0.358 e. The Morgan fingerprint density at radius 2 is 2.19 bits per heavy atom. The van der Waals surface area contributed by atoms with E-state index in [0.29, 0.717) is 18.1 Å². The minimum absolute atomic E-state index is 0.121. The molecule has 4 rings (SSSR count). The van der Waals surface area contributed by atoms with Crippen molar-refractivity contribution >= 4 is 50.7 Å². The molecule has 170 valence electrons. The van der Waals surface area contributed by atoms with Crippen LogP contribution in [0.25, 0.3) is 10.2 Å². The predicted octanol–water partition coefficient (Wildman–Crippen LogP) is 3.98. The summed E-state index contributed by atoms with van der Waals surface area (Å²) in [6.07, 6.45) is 3.18. The number of amides is 1. The Bertz CT molecular complexity index is 1110. The summed E-state index contributed by atoms with van der Waals surface area (Å²) < 4.78 is 14.7. The van der Waals surface area contributed by atoms with Crippen molar-refractivity contribution in [2.24, 2.45) is 0 Å². The first kappa shape index (κ1) is 22.6. The normalized spacial score (nSPS) is 14.7. The van der Waals surface area contributed by atoms with Gasteiger partial charge in [0.2, 0.25) is 11.7 Å². The maximum absolute atomic E-state index is 12.4. The predicted molar refractivity (Wildman–Crippen MR) is 122 cm³/mol. The van der Waals surface area contributed by atoms with E-state index in [1.54, 1.807) is 34.6 Å². The largest absolute Gasteiger partial charge is 0.381 e. The summed E-state index contributed by atoms with van der Waals surface area (Å²) in [5.74, 6) is 0.972. The smallest absolute Gasteiger partial charge is 0.358 e. The van der Waals surface area contributed by atoms with Gasteiger partial charge in [-0.05, 0) is 34.5 Å². The van der Waals surface area contributed by atoms with Gasteiger partial charge in [-0.3, -0.25) is 4.79 Å². The molecule has 1 aromatic carbocycles. The van der Waals surface area contributed by atoms with E-state index in [2.05, 4.69) is 15.3 Å². The fraction of sp³-hybridized carbons (Fsp3) is 0.450. The number of anilines is 1. The summed E-state index contributed by atoms with van der Waals surface area (Å²) in [5.41, 5.74) is 1.59. The van der Waals surface area contributed by atoms with Crippen LogP contribution in [-0.2, 0) is 20.8 Å². The summed E-state index contributed by atoms with van der Waals surface area (Å²) >= 11 is 3.26. The molecule has 0 aliphatic carbocycles. The summed E-state index contributed by atoms with van der Waals surface area (Å²) in [5, 5.41) is 13.7. The number of imidazole rings is 1. The molecule has 1 aliphatic rings. The van der Waals surface area contributed by atoms with Crippen LogP contribution in [0.5, 0.6) is 0 Å². The molecule has 0 bridgehead atoms. The second-order valence-electron chi connectivity index (χ2n) is 7.22. The molecule has 10 nitrogen and oxygen atoms in total. The number of rotatable bonds is 9. The van der Waals surface area contributed by atoms with Crippen molar-refractivity contribution in [3.8, 4) is 0 Å². The molecule has 1 amide bonds. The first-order valence-corrected chi connectivity index (χ1v) is 12.0. The molecule has 1 aliphatic heterocycles. The molecular weight excluding hydrogens is 454 g/mol. The first-order chi connectivity index (χ1) is 15.5. The highest BCUT2D eigenvalue weighted by Gasteiger charge is 2.16. The second-order valence-corrected chi connectivity index (χ2v) is 9.59. The average Bonchev–Trinajstić information content (AvgIpc) is 3.35. The first-order valence-electron chi connectivity index (χ1n) is 10.2. The van der Waals surface area contributed by atoms with Gasteiger partial charge >= 0.3 is 5.82 Å². The molecule has 0 radical (unpaired) electrons. The van der Waals surface area contributed by atoms with Gasteiger partial charge in [-0.25, -0.2) is 4.98 Å². The highest BCUT2D eigenvalue weighted by Crippen LogP contribution is 2.32. The van der Waals surface area contributed by atoms with Crippen molar-refractivity contribution in [3.63, 3.8) is 0 Å². The highest BCUT2D eigenvalue weighted by molar-refractivity contribution is 8.01. The molecule has 2 aromatic heterocycles. The van der Waals surface area contributed by atoms with Crippen LogP contribution in [0.4, 0.5) is 11.5 Å². The van der Waals surface area contributed by atoms with Crippen LogP contribution < -0.4 is 5.32 Å². The lowest BCUT2D eigenvalue weighted by atomic mass is 10.3. The Balaban J connectivity index is 1.29. The molecule has 3 aromatic rings. The van der Waals surface area contributed by atoms with Gasteiger partial charge in [-0.1, -0.05) is 11.8 Å². The Kier molecular flexibility index (Phi) is 7.35. The Hall–Kier alpha value is -2.54. The van der Waals surface area contributed by atoms with Crippen LogP contribution in [0.15, 0.2) is 28.7 Å². The molecule has 1 fully saturated rings. The van der Waals surface area contributed by atoms with E-state index in [-0.39, 0.29) is 24.4 Å². The fourth-order valence-electron chi connectivity index (χ4n) is 3.24. The molecule has 12 heteroatoms. The van der Waals surface area contributed by atoms with Crippen molar-refractivity contribution in [2.45, 2.75) is 43.4 Å². The number of hydrogen-bond acceptors (Lipinski definition) is 9. The quantitative estimate of drug-likeness (QED) is 0.279. The molecule has 0 atom stereocenters. The molecule has 0 saturated carbocycles. The van der Waals surface area contributed by atoms with Gasteiger partial charge in [-0.2, -0.15) is 0 Å². The number of carbonyl (C=O) groups is 1.